The number of cyclic esters (lactones) is 1. The van der Waals surface area contributed by atoms with Crippen LogP contribution in [0.5, 0.6) is 0 Å². The van der Waals surface area contributed by atoms with Crippen molar-refractivity contribution in [1.82, 2.24) is 0 Å². The van der Waals surface area contributed by atoms with Crippen LogP contribution in [0.3, 0.4) is 0 Å². The van der Waals surface area contributed by atoms with Gasteiger partial charge in [0.1, 0.15) is 5.76 Å². The highest BCUT2D eigenvalue weighted by molar-refractivity contribution is 14.1. The van der Waals surface area contributed by atoms with E-state index in [2.05, 4.69) is 29.5 Å². The lowest BCUT2D eigenvalue weighted by molar-refractivity contribution is -0.132. The first-order chi connectivity index (χ1) is 6.24. The highest BCUT2D eigenvalue weighted by Gasteiger charge is 2.12. The minimum absolute atomic E-state index is 0.250. The van der Waals surface area contributed by atoms with Gasteiger partial charge in [-0.2, -0.15) is 0 Å². The largest absolute Gasteiger partial charge is 0.423 e. The van der Waals surface area contributed by atoms with Crippen LogP contribution >= 0.6 is 22.6 Å². The number of allylic oxidation sites excluding steroid dienone is 2. The Balaban J connectivity index is 2.41. The third kappa shape index (κ3) is 3.50. The third-order valence-electron chi connectivity index (χ3n) is 1.85. The summed E-state index contributed by atoms with van der Waals surface area (Å²) in [7, 11) is 0. The summed E-state index contributed by atoms with van der Waals surface area (Å²) in [4.78, 5) is 10.7. The fourth-order valence-corrected chi connectivity index (χ4v) is 1.79. The van der Waals surface area contributed by atoms with Crippen molar-refractivity contribution in [3.8, 4) is 0 Å². The fraction of sp³-hybridized carbons (Fsp3) is 0.500. The topological polar surface area (TPSA) is 26.3 Å². The van der Waals surface area contributed by atoms with Crippen LogP contribution in [0.1, 0.15) is 32.6 Å². The van der Waals surface area contributed by atoms with E-state index in [-0.39, 0.29) is 5.97 Å². The summed E-state index contributed by atoms with van der Waals surface area (Å²) in [6.07, 6.45) is 7.85. The molecule has 13 heavy (non-hydrogen) atoms. The Kier molecular flexibility index (Phi) is 4.48. The molecule has 0 radical (unpaired) electrons. The van der Waals surface area contributed by atoms with Crippen LogP contribution in [0.4, 0.5) is 0 Å². The van der Waals surface area contributed by atoms with Crippen LogP contribution in [0.15, 0.2) is 21.5 Å². The van der Waals surface area contributed by atoms with Crippen LogP contribution in [0, 0.1) is 0 Å². The molecule has 0 aromatic heterocycles. The summed E-state index contributed by atoms with van der Waals surface area (Å²) in [6.45, 7) is 2.18. The van der Waals surface area contributed by atoms with Gasteiger partial charge in [-0.15, -0.1) is 0 Å². The van der Waals surface area contributed by atoms with Crippen LogP contribution < -0.4 is 0 Å². The molecule has 3 heteroatoms. The van der Waals surface area contributed by atoms with Gasteiger partial charge in [-0.3, -0.25) is 0 Å². The van der Waals surface area contributed by atoms with Gasteiger partial charge in [-0.1, -0.05) is 19.8 Å². The summed E-state index contributed by atoms with van der Waals surface area (Å²) in [6, 6.07) is 0. The highest BCUT2D eigenvalue weighted by atomic mass is 127. The van der Waals surface area contributed by atoms with E-state index in [1.54, 1.807) is 6.08 Å². The van der Waals surface area contributed by atoms with Crippen LogP contribution in [0.2, 0.25) is 0 Å². The standard InChI is InChI=1S/C10H13IO2/c1-2-3-4-5-8(11)9-6-7-10(12)13-9/h6-7H,2-5H2,1H3/b9-8-. The van der Waals surface area contributed by atoms with Crippen molar-refractivity contribution in [1.29, 1.82) is 0 Å². The first-order valence-corrected chi connectivity index (χ1v) is 5.60. The minimum atomic E-state index is -0.250. The van der Waals surface area contributed by atoms with Crippen molar-refractivity contribution in [3.63, 3.8) is 0 Å². The molecule has 0 unspecified atom stereocenters. The molecular weight excluding hydrogens is 279 g/mol. The van der Waals surface area contributed by atoms with Crippen LogP contribution in [-0.2, 0) is 9.53 Å². The predicted molar refractivity (Wildman–Crippen MR) is 60.4 cm³/mol. The van der Waals surface area contributed by atoms with Gasteiger partial charge in [0.25, 0.3) is 0 Å². The molecule has 72 valence electrons. The smallest absolute Gasteiger partial charge is 0.336 e. The normalized spacial score (nSPS) is 19.1. The summed E-state index contributed by atoms with van der Waals surface area (Å²) >= 11 is 2.24. The molecule has 0 N–H and O–H groups in total. The van der Waals surface area contributed by atoms with E-state index in [9.17, 15) is 4.79 Å². The van der Waals surface area contributed by atoms with Gasteiger partial charge >= 0.3 is 5.97 Å². The molecule has 0 aromatic rings. The number of carbonyl (C=O) groups is 1. The van der Waals surface area contributed by atoms with Crippen molar-refractivity contribution >= 4 is 28.6 Å². The third-order valence-corrected chi connectivity index (χ3v) is 2.92. The van der Waals surface area contributed by atoms with Gasteiger partial charge in [-0.25, -0.2) is 4.79 Å². The molecule has 0 bridgehead atoms. The molecule has 0 saturated heterocycles. The molecule has 0 saturated carbocycles. The number of esters is 1. The van der Waals surface area contributed by atoms with Gasteiger partial charge in [0.05, 0.1) is 0 Å². The van der Waals surface area contributed by atoms with E-state index in [0.717, 1.165) is 15.8 Å². The Morgan fingerprint density at radius 2 is 2.23 bits per heavy atom. The van der Waals surface area contributed by atoms with Gasteiger partial charge in [0, 0.05) is 9.66 Å². The average molecular weight is 292 g/mol. The first-order valence-electron chi connectivity index (χ1n) is 4.52. The molecule has 1 aliphatic rings. The molecule has 0 aliphatic carbocycles. The maximum Gasteiger partial charge on any atom is 0.336 e. The van der Waals surface area contributed by atoms with Crippen molar-refractivity contribution in [2.45, 2.75) is 32.6 Å². The summed E-state index contributed by atoms with van der Waals surface area (Å²) in [5, 5.41) is 0. The molecule has 0 atom stereocenters. The molecule has 0 spiro atoms. The number of rotatable bonds is 4. The Hall–Kier alpha value is -0.320. The van der Waals surface area contributed by atoms with Gasteiger partial charge in [0.2, 0.25) is 0 Å². The van der Waals surface area contributed by atoms with Crippen molar-refractivity contribution in [2.75, 3.05) is 0 Å². The molecule has 0 fully saturated rings. The van der Waals surface area contributed by atoms with E-state index in [0.29, 0.717) is 0 Å². The number of hydrogen-bond acceptors (Lipinski definition) is 2. The second kappa shape index (κ2) is 5.42. The highest BCUT2D eigenvalue weighted by Crippen LogP contribution is 2.24. The number of ether oxygens (including phenoxy) is 1. The SMILES string of the molecule is CCCCC/C(I)=C1\C=CC(=O)O1. The lowest BCUT2D eigenvalue weighted by Crippen LogP contribution is -1.92. The molecule has 2 nitrogen and oxygen atoms in total. The maximum absolute atomic E-state index is 10.7. The van der Waals surface area contributed by atoms with Gasteiger partial charge in [-0.05, 0) is 41.5 Å². The van der Waals surface area contributed by atoms with E-state index in [1.807, 2.05) is 0 Å². The zero-order valence-corrected chi connectivity index (χ0v) is 9.84. The number of carbonyl (C=O) groups excluding carboxylic acids is 1. The van der Waals surface area contributed by atoms with E-state index in [1.165, 1.54) is 25.3 Å². The Morgan fingerprint density at radius 3 is 2.77 bits per heavy atom. The van der Waals surface area contributed by atoms with Crippen LogP contribution in [-0.4, -0.2) is 5.97 Å². The second-order valence-corrected chi connectivity index (χ2v) is 4.28. The number of hydrogen-bond donors (Lipinski definition) is 0. The first kappa shape index (κ1) is 10.8. The molecule has 1 heterocycles. The zero-order chi connectivity index (χ0) is 9.68. The van der Waals surface area contributed by atoms with Crippen molar-refractivity contribution in [3.05, 3.63) is 21.5 Å². The van der Waals surface area contributed by atoms with E-state index >= 15 is 0 Å². The summed E-state index contributed by atoms with van der Waals surface area (Å²) in [5.41, 5.74) is 0. The van der Waals surface area contributed by atoms with Crippen LogP contribution in [0.25, 0.3) is 0 Å². The lowest BCUT2D eigenvalue weighted by Gasteiger charge is -2.01. The molecular formula is C10H13IO2. The van der Waals surface area contributed by atoms with E-state index in [4.69, 9.17) is 4.74 Å². The predicted octanol–water partition coefficient (Wildman–Crippen LogP) is 3.33. The zero-order valence-electron chi connectivity index (χ0n) is 7.68. The molecule has 1 rings (SSSR count). The lowest BCUT2D eigenvalue weighted by atomic mass is 10.2. The van der Waals surface area contributed by atoms with Crippen molar-refractivity contribution < 1.29 is 9.53 Å². The van der Waals surface area contributed by atoms with Gasteiger partial charge in [0.15, 0.2) is 0 Å². The Labute approximate surface area is 92.2 Å². The molecule has 1 aliphatic heterocycles. The Bertz CT molecular complexity index is 254. The molecule has 0 amide bonds. The molecule has 0 aromatic carbocycles. The monoisotopic (exact) mass is 292 g/mol. The summed E-state index contributed by atoms with van der Waals surface area (Å²) in [5.74, 6) is 0.487. The number of unbranched alkanes of at least 4 members (excludes halogenated alkanes) is 2. The van der Waals surface area contributed by atoms with Crippen molar-refractivity contribution in [2.24, 2.45) is 0 Å². The number of halogens is 1. The quantitative estimate of drug-likeness (QED) is 0.451. The fourth-order valence-electron chi connectivity index (χ4n) is 1.12. The summed E-state index contributed by atoms with van der Waals surface area (Å²) < 4.78 is 6.12. The average Bonchev–Trinajstić information content (AvgIpc) is 2.52. The minimum Gasteiger partial charge on any atom is -0.423 e. The maximum atomic E-state index is 10.7. The Morgan fingerprint density at radius 1 is 1.46 bits per heavy atom. The second-order valence-electron chi connectivity index (χ2n) is 2.98. The van der Waals surface area contributed by atoms with E-state index < -0.39 is 0 Å². The van der Waals surface area contributed by atoms with Gasteiger partial charge < -0.3 is 4.74 Å².